The molecule has 0 aromatic heterocycles. The van der Waals surface area contributed by atoms with E-state index in [1.807, 2.05) is 36.0 Å². The number of nitrogens with two attached hydrogens (primary N) is 1. The number of ether oxygens (including phenoxy) is 1. The van der Waals surface area contributed by atoms with Gasteiger partial charge in [-0.15, -0.1) is 0 Å². The number of benzene rings is 1. The standard InChI is InChI=1S/C15H22N2O2S/c1-20-15(7-2-8-15)11-17-9-12-3-5-13(6-4-12)19-10-14(16)18/h3-6,17H,2,7-11H2,1H3,(H2,16,18). The molecule has 1 fully saturated rings. The predicted molar refractivity (Wildman–Crippen MR) is 82.9 cm³/mol. The van der Waals surface area contributed by atoms with E-state index in [0.29, 0.717) is 10.5 Å². The van der Waals surface area contributed by atoms with E-state index in [4.69, 9.17) is 10.5 Å². The van der Waals surface area contributed by atoms with Crippen LogP contribution < -0.4 is 15.8 Å². The monoisotopic (exact) mass is 294 g/mol. The van der Waals surface area contributed by atoms with Gasteiger partial charge in [0.15, 0.2) is 6.61 Å². The van der Waals surface area contributed by atoms with Crippen molar-refractivity contribution in [1.82, 2.24) is 5.32 Å². The Morgan fingerprint density at radius 1 is 1.40 bits per heavy atom. The Morgan fingerprint density at radius 2 is 2.10 bits per heavy atom. The Labute approximate surface area is 124 Å². The number of carbonyl (C=O) groups is 1. The maximum atomic E-state index is 10.6. The van der Waals surface area contributed by atoms with E-state index < -0.39 is 5.91 Å². The van der Waals surface area contributed by atoms with Crippen molar-refractivity contribution in [2.45, 2.75) is 30.6 Å². The fraction of sp³-hybridized carbons (Fsp3) is 0.533. The van der Waals surface area contributed by atoms with Crippen LogP contribution in [0.1, 0.15) is 24.8 Å². The van der Waals surface area contributed by atoms with Crippen molar-refractivity contribution >= 4 is 17.7 Å². The fourth-order valence-electron chi connectivity index (χ4n) is 2.32. The summed E-state index contributed by atoms with van der Waals surface area (Å²) in [6.45, 7) is 1.85. The lowest BCUT2D eigenvalue weighted by molar-refractivity contribution is -0.119. The van der Waals surface area contributed by atoms with Crippen molar-refractivity contribution in [2.24, 2.45) is 5.73 Å². The summed E-state index contributed by atoms with van der Waals surface area (Å²) >= 11 is 1.98. The highest BCUT2D eigenvalue weighted by Crippen LogP contribution is 2.42. The second-order valence-corrected chi connectivity index (χ2v) is 6.52. The zero-order chi connectivity index (χ0) is 14.4. The first-order valence-corrected chi connectivity index (χ1v) is 8.12. The van der Waals surface area contributed by atoms with Crippen LogP contribution in [-0.4, -0.2) is 30.1 Å². The van der Waals surface area contributed by atoms with Crippen molar-refractivity contribution in [1.29, 1.82) is 0 Å². The van der Waals surface area contributed by atoms with E-state index in [2.05, 4.69) is 11.6 Å². The third kappa shape index (κ3) is 4.15. The Hall–Kier alpha value is -1.20. The number of nitrogens with one attached hydrogen (secondary N) is 1. The van der Waals surface area contributed by atoms with Crippen molar-refractivity contribution < 1.29 is 9.53 Å². The molecule has 2 rings (SSSR count). The molecule has 1 aliphatic carbocycles. The average Bonchev–Trinajstić information content (AvgIpc) is 2.41. The van der Waals surface area contributed by atoms with Gasteiger partial charge in [0.05, 0.1) is 0 Å². The Bertz CT molecular complexity index is 438. The average molecular weight is 294 g/mol. The fourth-order valence-corrected chi connectivity index (χ4v) is 3.26. The van der Waals surface area contributed by atoms with Gasteiger partial charge in [0.25, 0.3) is 5.91 Å². The second kappa shape index (κ2) is 6.99. The van der Waals surface area contributed by atoms with E-state index in [1.165, 1.54) is 24.8 Å². The highest BCUT2D eigenvalue weighted by atomic mass is 32.2. The van der Waals surface area contributed by atoms with Crippen molar-refractivity contribution in [3.63, 3.8) is 0 Å². The van der Waals surface area contributed by atoms with Crippen LogP contribution in [0.5, 0.6) is 5.75 Å². The van der Waals surface area contributed by atoms with Gasteiger partial charge in [-0.3, -0.25) is 4.79 Å². The molecule has 0 atom stereocenters. The molecule has 1 aromatic rings. The molecule has 1 aliphatic rings. The van der Waals surface area contributed by atoms with Crippen LogP contribution in [0.4, 0.5) is 0 Å². The summed E-state index contributed by atoms with van der Waals surface area (Å²) in [4.78, 5) is 10.6. The van der Waals surface area contributed by atoms with Crippen LogP contribution in [0.15, 0.2) is 24.3 Å². The smallest absolute Gasteiger partial charge is 0.255 e. The molecule has 0 bridgehead atoms. The number of amides is 1. The van der Waals surface area contributed by atoms with Crippen molar-refractivity contribution in [3.05, 3.63) is 29.8 Å². The first kappa shape index (κ1) is 15.2. The first-order valence-electron chi connectivity index (χ1n) is 6.89. The number of thioether (sulfide) groups is 1. The third-order valence-corrected chi connectivity index (χ3v) is 5.20. The maximum Gasteiger partial charge on any atom is 0.255 e. The SMILES string of the molecule is CSC1(CNCc2ccc(OCC(N)=O)cc2)CCC1. The zero-order valence-electron chi connectivity index (χ0n) is 11.9. The summed E-state index contributed by atoms with van der Waals surface area (Å²) in [5.74, 6) is 0.214. The summed E-state index contributed by atoms with van der Waals surface area (Å²) < 4.78 is 5.69. The minimum atomic E-state index is -0.460. The molecule has 5 heteroatoms. The summed E-state index contributed by atoms with van der Waals surface area (Å²) in [6.07, 6.45) is 6.20. The molecule has 0 unspecified atom stereocenters. The van der Waals surface area contributed by atoms with Crippen molar-refractivity contribution in [3.8, 4) is 5.75 Å². The maximum absolute atomic E-state index is 10.6. The van der Waals surface area contributed by atoms with Gasteiger partial charge in [-0.1, -0.05) is 18.6 Å². The second-order valence-electron chi connectivity index (χ2n) is 5.24. The van der Waals surface area contributed by atoms with E-state index in [1.54, 1.807) is 0 Å². The normalized spacial score (nSPS) is 16.4. The highest BCUT2D eigenvalue weighted by molar-refractivity contribution is 8.00. The topological polar surface area (TPSA) is 64.3 Å². The lowest BCUT2D eigenvalue weighted by Crippen LogP contribution is -2.43. The summed E-state index contributed by atoms with van der Waals surface area (Å²) in [7, 11) is 0. The van der Waals surface area contributed by atoms with E-state index in [0.717, 1.165) is 13.1 Å². The molecule has 1 aromatic carbocycles. The first-order chi connectivity index (χ1) is 9.63. The zero-order valence-corrected chi connectivity index (χ0v) is 12.7. The van der Waals surface area contributed by atoms with Gasteiger partial charge in [-0.2, -0.15) is 11.8 Å². The van der Waals surface area contributed by atoms with Gasteiger partial charge >= 0.3 is 0 Å². The number of hydrogen-bond donors (Lipinski definition) is 2. The molecule has 0 radical (unpaired) electrons. The van der Waals surface area contributed by atoms with Gasteiger partial charge < -0.3 is 15.8 Å². The number of carbonyl (C=O) groups excluding carboxylic acids is 1. The number of hydrogen-bond acceptors (Lipinski definition) is 4. The van der Waals surface area contributed by atoms with Crippen LogP contribution in [0.3, 0.4) is 0 Å². The summed E-state index contributed by atoms with van der Waals surface area (Å²) in [5.41, 5.74) is 6.25. The molecule has 4 nitrogen and oxygen atoms in total. The summed E-state index contributed by atoms with van der Waals surface area (Å²) in [6, 6.07) is 7.76. The van der Waals surface area contributed by atoms with Crippen LogP contribution in [-0.2, 0) is 11.3 Å². The molecule has 3 N–H and O–H groups in total. The van der Waals surface area contributed by atoms with Gasteiger partial charge in [0.2, 0.25) is 0 Å². The quantitative estimate of drug-likeness (QED) is 0.769. The minimum absolute atomic E-state index is 0.0756. The van der Waals surface area contributed by atoms with Gasteiger partial charge in [-0.25, -0.2) is 0 Å². The molecule has 0 saturated heterocycles. The molecule has 110 valence electrons. The van der Waals surface area contributed by atoms with Gasteiger partial charge in [0.1, 0.15) is 5.75 Å². The van der Waals surface area contributed by atoms with Crippen molar-refractivity contribution in [2.75, 3.05) is 19.4 Å². The Morgan fingerprint density at radius 3 is 2.60 bits per heavy atom. The molecule has 1 saturated carbocycles. The van der Waals surface area contributed by atoms with Crippen LogP contribution in [0.25, 0.3) is 0 Å². The minimum Gasteiger partial charge on any atom is -0.484 e. The molecule has 20 heavy (non-hydrogen) atoms. The van der Waals surface area contributed by atoms with E-state index >= 15 is 0 Å². The molecular weight excluding hydrogens is 272 g/mol. The predicted octanol–water partition coefficient (Wildman–Crippen LogP) is 1.93. The van der Waals surface area contributed by atoms with Crippen LogP contribution >= 0.6 is 11.8 Å². The molecule has 0 heterocycles. The van der Waals surface area contributed by atoms with E-state index in [9.17, 15) is 4.79 Å². The van der Waals surface area contributed by atoms with Crippen LogP contribution in [0.2, 0.25) is 0 Å². The third-order valence-electron chi connectivity index (χ3n) is 3.78. The van der Waals surface area contributed by atoms with E-state index in [-0.39, 0.29) is 6.61 Å². The largest absolute Gasteiger partial charge is 0.484 e. The lowest BCUT2D eigenvalue weighted by Gasteiger charge is -2.40. The Kier molecular flexibility index (Phi) is 5.31. The highest BCUT2D eigenvalue weighted by Gasteiger charge is 2.35. The number of primary amides is 1. The number of rotatable bonds is 8. The molecular formula is C15H22N2O2S. The van der Waals surface area contributed by atoms with Crippen LogP contribution in [0, 0.1) is 0 Å². The molecule has 0 aliphatic heterocycles. The Balaban J connectivity index is 1.74. The van der Waals surface area contributed by atoms with Gasteiger partial charge in [-0.05, 0) is 36.8 Å². The lowest BCUT2D eigenvalue weighted by atomic mass is 9.84. The van der Waals surface area contributed by atoms with Gasteiger partial charge in [0, 0.05) is 17.8 Å². The molecule has 1 amide bonds. The molecule has 0 spiro atoms. The summed E-state index contributed by atoms with van der Waals surface area (Å²) in [5, 5.41) is 3.53.